The molecule has 4 saturated carbocycles. The second-order valence-corrected chi connectivity index (χ2v) is 11.9. The topological polar surface area (TPSA) is 99.4 Å². The molecule has 0 amide bonds. The molecule has 0 radical (unpaired) electrons. The zero-order valence-corrected chi connectivity index (χ0v) is 20.2. The fraction of sp³-hybridized carbons (Fsp3) is 0.852. The summed E-state index contributed by atoms with van der Waals surface area (Å²) in [5, 5.41) is 34.8. The van der Waals surface area contributed by atoms with E-state index in [0.29, 0.717) is 25.7 Å². The third-order valence-electron chi connectivity index (χ3n) is 10.6. The Morgan fingerprint density at radius 1 is 1.09 bits per heavy atom. The molecular formula is C27H41NO5. The Bertz CT molecular complexity index is 842. The van der Waals surface area contributed by atoms with Gasteiger partial charge in [0.2, 0.25) is 0 Å². The number of aliphatic imine (C=N–C) groups is 1. The number of ether oxygens (including phenoxy) is 1. The summed E-state index contributed by atoms with van der Waals surface area (Å²) in [6, 6.07) is 0. The SMILES string of the molecule is CCCCN=C[C@]12CC[C@H](O)C[C@]1(O)CC[C@@H]1[C@@H]2CC[C@]2(C)[C@H]([C@H]3C=CC(=O)O3)CC[C@]12O. The number of esters is 1. The lowest BCUT2D eigenvalue weighted by atomic mass is 9.41. The molecule has 0 saturated heterocycles. The van der Waals surface area contributed by atoms with E-state index >= 15 is 0 Å². The number of rotatable bonds is 5. The zero-order valence-electron chi connectivity index (χ0n) is 20.2. The minimum absolute atomic E-state index is 0.0791. The van der Waals surface area contributed by atoms with Crippen LogP contribution in [-0.2, 0) is 9.53 Å². The minimum Gasteiger partial charge on any atom is -0.455 e. The number of carbonyl (C=O) groups is 1. The monoisotopic (exact) mass is 459 g/mol. The Hall–Kier alpha value is -1.24. The zero-order chi connectivity index (χ0) is 23.5. The quantitative estimate of drug-likeness (QED) is 0.332. The molecule has 184 valence electrons. The van der Waals surface area contributed by atoms with Crippen LogP contribution in [0.1, 0.15) is 84.5 Å². The van der Waals surface area contributed by atoms with Crippen molar-refractivity contribution in [2.45, 2.75) is 108 Å². The molecule has 0 spiro atoms. The Morgan fingerprint density at radius 2 is 1.85 bits per heavy atom. The van der Waals surface area contributed by atoms with Gasteiger partial charge >= 0.3 is 5.97 Å². The highest BCUT2D eigenvalue weighted by Crippen LogP contribution is 2.70. The van der Waals surface area contributed by atoms with Gasteiger partial charge in [-0.15, -0.1) is 0 Å². The number of fused-ring (bicyclic) bond motifs is 5. The molecule has 6 nitrogen and oxygen atoms in total. The average molecular weight is 460 g/mol. The van der Waals surface area contributed by atoms with Gasteiger partial charge in [0.1, 0.15) is 6.10 Å². The molecule has 5 aliphatic rings. The van der Waals surface area contributed by atoms with E-state index in [0.717, 1.165) is 51.5 Å². The van der Waals surface area contributed by atoms with Gasteiger partial charge in [-0.05, 0) is 75.7 Å². The van der Waals surface area contributed by atoms with Crippen LogP contribution in [0.15, 0.2) is 17.1 Å². The fourth-order valence-electron chi connectivity index (χ4n) is 8.82. The summed E-state index contributed by atoms with van der Waals surface area (Å²) in [6.07, 6.45) is 13.3. The largest absolute Gasteiger partial charge is 0.455 e. The van der Waals surface area contributed by atoms with Crippen LogP contribution in [0, 0.1) is 28.6 Å². The van der Waals surface area contributed by atoms with E-state index in [1.807, 2.05) is 6.08 Å². The fourth-order valence-corrected chi connectivity index (χ4v) is 8.82. The highest BCUT2D eigenvalue weighted by Gasteiger charge is 2.71. The van der Waals surface area contributed by atoms with Gasteiger partial charge < -0.3 is 20.1 Å². The van der Waals surface area contributed by atoms with Crippen LogP contribution >= 0.6 is 0 Å². The molecule has 1 aliphatic heterocycles. The maximum absolute atomic E-state index is 12.4. The minimum atomic E-state index is -0.965. The molecule has 0 aromatic heterocycles. The molecule has 6 heteroatoms. The van der Waals surface area contributed by atoms with Gasteiger partial charge in [0.05, 0.1) is 17.3 Å². The lowest BCUT2D eigenvalue weighted by molar-refractivity contribution is -0.241. The summed E-state index contributed by atoms with van der Waals surface area (Å²) in [7, 11) is 0. The standard InChI is InChI=1S/C27H41NO5/c1-3-4-15-28-17-25-12-7-18(29)16-26(25,31)13-9-20-19(25)8-11-24(2)21(10-14-27(20,24)32)22-5-6-23(30)33-22/h5-6,17-22,29,31-32H,3-4,7-16H2,1-2H3/t18-,19-,20+,21-,22+,24+,25-,26+,27-/m0/s1. The molecule has 5 rings (SSSR count). The van der Waals surface area contributed by atoms with Crippen molar-refractivity contribution in [3.05, 3.63) is 12.2 Å². The normalized spacial score (nSPS) is 51.3. The summed E-state index contributed by atoms with van der Waals surface area (Å²) in [5.41, 5.74) is -2.62. The van der Waals surface area contributed by atoms with Crippen LogP contribution in [-0.4, -0.2) is 57.5 Å². The lowest BCUT2D eigenvalue weighted by Crippen LogP contribution is -2.69. The predicted octanol–water partition coefficient (Wildman–Crippen LogP) is 3.57. The van der Waals surface area contributed by atoms with Crippen LogP contribution < -0.4 is 0 Å². The molecule has 4 fully saturated rings. The van der Waals surface area contributed by atoms with E-state index in [2.05, 4.69) is 20.1 Å². The Balaban J connectivity index is 1.49. The number of aliphatic hydroxyl groups is 3. The van der Waals surface area contributed by atoms with E-state index in [4.69, 9.17) is 9.73 Å². The molecule has 3 N–H and O–H groups in total. The predicted molar refractivity (Wildman–Crippen MR) is 126 cm³/mol. The highest BCUT2D eigenvalue weighted by atomic mass is 16.5. The number of hydrogen-bond acceptors (Lipinski definition) is 6. The first kappa shape index (κ1) is 23.5. The van der Waals surface area contributed by atoms with Gasteiger partial charge in [-0.25, -0.2) is 4.79 Å². The van der Waals surface area contributed by atoms with Gasteiger partial charge in [0.15, 0.2) is 0 Å². The number of unbranched alkanes of at least 4 members (excludes halogenated alkanes) is 1. The van der Waals surface area contributed by atoms with Gasteiger partial charge in [0.25, 0.3) is 0 Å². The first-order valence-electron chi connectivity index (χ1n) is 13.2. The molecule has 0 aromatic rings. The Morgan fingerprint density at radius 3 is 2.58 bits per heavy atom. The van der Waals surface area contributed by atoms with Crippen molar-refractivity contribution in [1.82, 2.24) is 0 Å². The Kier molecular flexibility index (Phi) is 5.81. The Labute approximate surface area is 197 Å². The number of nitrogens with zero attached hydrogens (tertiary/aromatic N) is 1. The summed E-state index contributed by atoms with van der Waals surface area (Å²) in [6.45, 7) is 5.12. The van der Waals surface area contributed by atoms with Crippen LogP contribution in [0.25, 0.3) is 0 Å². The van der Waals surface area contributed by atoms with Crippen molar-refractivity contribution >= 4 is 12.2 Å². The summed E-state index contributed by atoms with van der Waals surface area (Å²) >= 11 is 0. The number of aliphatic hydroxyl groups excluding tert-OH is 1. The van der Waals surface area contributed by atoms with Crippen molar-refractivity contribution in [1.29, 1.82) is 0 Å². The number of cyclic esters (lactones) is 1. The van der Waals surface area contributed by atoms with Crippen molar-refractivity contribution in [3.63, 3.8) is 0 Å². The molecule has 4 aliphatic carbocycles. The van der Waals surface area contributed by atoms with E-state index in [1.165, 1.54) is 6.08 Å². The second-order valence-electron chi connectivity index (χ2n) is 11.9. The van der Waals surface area contributed by atoms with E-state index < -0.39 is 22.7 Å². The average Bonchev–Trinajstić information content (AvgIpc) is 3.31. The van der Waals surface area contributed by atoms with Crippen molar-refractivity contribution in [2.24, 2.45) is 33.6 Å². The number of carbonyl (C=O) groups excluding carboxylic acids is 1. The van der Waals surface area contributed by atoms with Gasteiger partial charge in [-0.2, -0.15) is 0 Å². The van der Waals surface area contributed by atoms with Crippen molar-refractivity contribution in [2.75, 3.05) is 6.54 Å². The van der Waals surface area contributed by atoms with Gasteiger partial charge in [0, 0.05) is 42.0 Å². The first-order valence-corrected chi connectivity index (χ1v) is 13.2. The summed E-state index contributed by atoms with van der Waals surface area (Å²) in [5.74, 6) is 0.0656. The maximum Gasteiger partial charge on any atom is 0.331 e. The van der Waals surface area contributed by atoms with Crippen LogP contribution in [0.5, 0.6) is 0 Å². The van der Waals surface area contributed by atoms with Crippen LogP contribution in [0.4, 0.5) is 0 Å². The smallest absolute Gasteiger partial charge is 0.331 e. The number of hydrogen-bond donors (Lipinski definition) is 3. The third-order valence-corrected chi connectivity index (χ3v) is 10.6. The first-order chi connectivity index (χ1) is 15.7. The van der Waals surface area contributed by atoms with E-state index in [-0.39, 0.29) is 35.2 Å². The highest BCUT2D eigenvalue weighted by molar-refractivity contribution is 5.84. The summed E-state index contributed by atoms with van der Waals surface area (Å²) < 4.78 is 5.60. The molecule has 0 unspecified atom stereocenters. The van der Waals surface area contributed by atoms with Crippen molar-refractivity contribution in [3.8, 4) is 0 Å². The third kappa shape index (κ3) is 3.30. The second kappa shape index (κ2) is 8.17. The molecule has 0 aromatic carbocycles. The van der Waals surface area contributed by atoms with Gasteiger partial charge in [-0.1, -0.05) is 20.3 Å². The van der Waals surface area contributed by atoms with Crippen LogP contribution in [0.2, 0.25) is 0 Å². The molecular weight excluding hydrogens is 418 g/mol. The van der Waals surface area contributed by atoms with Crippen LogP contribution in [0.3, 0.4) is 0 Å². The van der Waals surface area contributed by atoms with E-state index in [1.54, 1.807) is 0 Å². The van der Waals surface area contributed by atoms with Crippen molar-refractivity contribution < 1.29 is 24.9 Å². The molecule has 9 atom stereocenters. The lowest BCUT2D eigenvalue weighted by Gasteiger charge is -2.65. The summed E-state index contributed by atoms with van der Waals surface area (Å²) in [4.78, 5) is 16.6. The molecule has 0 bridgehead atoms. The molecule has 1 heterocycles. The maximum atomic E-state index is 12.4. The van der Waals surface area contributed by atoms with E-state index in [9.17, 15) is 20.1 Å². The van der Waals surface area contributed by atoms with Gasteiger partial charge in [-0.3, -0.25) is 4.99 Å². The molecule has 33 heavy (non-hydrogen) atoms.